The highest BCUT2D eigenvalue weighted by molar-refractivity contribution is 5.84. The molecule has 0 aliphatic heterocycles. The fraction of sp³-hybridized carbons (Fsp3) is 0.400. The number of hydrogen-bond acceptors (Lipinski definition) is 18. The van der Waals surface area contributed by atoms with Crippen LogP contribution >= 0.6 is 0 Å². The number of carboxylic acid groups (broad SMARTS) is 1. The van der Waals surface area contributed by atoms with E-state index in [-0.39, 0.29) is 0 Å². The number of hydrogen-bond donors (Lipinski definition) is 8. The predicted octanol–water partition coefficient (Wildman–Crippen LogP) is -3.23. The van der Waals surface area contributed by atoms with E-state index in [1.807, 2.05) is 0 Å². The van der Waals surface area contributed by atoms with Crippen LogP contribution in [0.15, 0.2) is 75.9 Å². The zero-order chi connectivity index (χ0) is 38.7. The van der Waals surface area contributed by atoms with Crippen LogP contribution in [0.5, 0.6) is 0 Å². The summed E-state index contributed by atoms with van der Waals surface area (Å²) < 4.78 is 24.8. The van der Waals surface area contributed by atoms with Crippen LogP contribution < -0.4 is 0 Å². The first kappa shape index (κ1) is 48.4. The van der Waals surface area contributed by atoms with Gasteiger partial charge in [0.05, 0.1) is 13.2 Å². The Hall–Kier alpha value is -5.02. The third-order valence-corrected chi connectivity index (χ3v) is 5.15. The number of carboxylic acids is 1. The van der Waals surface area contributed by atoms with Crippen LogP contribution in [-0.4, -0.2) is 152 Å². The van der Waals surface area contributed by atoms with Crippen LogP contribution in [0, 0.1) is 0 Å². The molecular formula is C30H42O19. The van der Waals surface area contributed by atoms with Gasteiger partial charge in [-0.15, -0.1) is 0 Å². The van der Waals surface area contributed by atoms with Crippen LogP contribution in [0.2, 0.25) is 0 Å². The van der Waals surface area contributed by atoms with Crippen molar-refractivity contribution in [3.05, 3.63) is 75.9 Å². The smallest absolute Gasteiger partial charge is 0.330 e. The van der Waals surface area contributed by atoms with Gasteiger partial charge in [-0.25, -0.2) is 28.8 Å². The summed E-state index contributed by atoms with van der Waals surface area (Å²) in [5.74, 6) is -5.97. The molecular weight excluding hydrogens is 664 g/mol. The fourth-order valence-electron chi connectivity index (χ4n) is 2.69. The molecule has 0 radical (unpaired) electrons. The number of rotatable bonds is 21. The van der Waals surface area contributed by atoms with E-state index in [9.17, 15) is 33.9 Å². The zero-order valence-electron chi connectivity index (χ0n) is 26.2. The summed E-state index contributed by atoms with van der Waals surface area (Å²) in [7, 11) is 0. The summed E-state index contributed by atoms with van der Waals surface area (Å²) >= 11 is 0. The molecule has 0 amide bonds. The van der Waals surface area contributed by atoms with Gasteiger partial charge >= 0.3 is 35.8 Å². The highest BCUT2D eigenvalue weighted by Crippen LogP contribution is 2.19. The Morgan fingerprint density at radius 2 is 0.816 bits per heavy atom. The van der Waals surface area contributed by atoms with Gasteiger partial charge in [0, 0.05) is 36.5 Å². The highest BCUT2D eigenvalue weighted by Gasteiger charge is 2.42. The number of carbonyl (C=O) groups is 6. The van der Waals surface area contributed by atoms with Crippen molar-refractivity contribution in [2.45, 2.75) is 48.8 Å². The molecule has 0 aromatic rings. The van der Waals surface area contributed by atoms with Crippen LogP contribution in [-0.2, 0) is 52.5 Å². The van der Waals surface area contributed by atoms with E-state index in [0.717, 1.165) is 36.5 Å². The Kier molecular flexibility index (Phi) is 27.7. The molecule has 49 heavy (non-hydrogen) atoms. The van der Waals surface area contributed by atoms with E-state index in [0.29, 0.717) is 0 Å². The summed E-state index contributed by atoms with van der Waals surface area (Å²) in [5.41, 5.74) is 0. The molecule has 0 aromatic heterocycles. The Bertz CT molecular complexity index is 1120. The van der Waals surface area contributed by atoms with Crippen molar-refractivity contribution in [2.24, 2.45) is 0 Å². The lowest BCUT2D eigenvalue weighted by Gasteiger charge is -2.33. The van der Waals surface area contributed by atoms with Gasteiger partial charge in [-0.05, 0) is 0 Å². The van der Waals surface area contributed by atoms with E-state index in [1.54, 1.807) is 0 Å². The van der Waals surface area contributed by atoms with E-state index in [4.69, 9.17) is 59.4 Å². The second-order valence-electron chi connectivity index (χ2n) is 8.65. The summed E-state index contributed by atoms with van der Waals surface area (Å²) in [6, 6.07) is 0. The highest BCUT2D eigenvalue weighted by atomic mass is 16.6. The van der Waals surface area contributed by atoms with Crippen molar-refractivity contribution >= 4 is 35.8 Å². The van der Waals surface area contributed by atoms with Gasteiger partial charge < -0.3 is 64.5 Å². The lowest BCUT2D eigenvalue weighted by Crippen LogP contribution is -2.53. The Balaban J connectivity index is -0.00000102. The average Bonchev–Trinajstić information content (AvgIpc) is 3.11. The van der Waals surface area contributed by atoms with Gasteiger partial charge in [0.25, 0.3) is 0 Å². The minimum Gasteiger partial charge on any atom is -0.478 e. The minimum atomic E-state index is -1.80. The first-order valence-corrected chi connectivity index (χ1v) is 13.5. The Morgan fingerprint density at radius 1 is 0.490 bits per heavy atom. The lowest BCUT2D eigenvalue weighted by atomic mass is 10.0. The average molecular weight is 707 g/mol. The molecule has 0 saturated heterocycles. The summed E-state index contributed by atoms with van der Waals surface area (Å²) in [4.78, 5) is 67.6. The Morgan fingerprint density at radius 3 is 1.14 bits per heavy atom. The van der Waals surface area contributed by atoms with Gasteiger partial charge in [0.15, 0.2) is 18.3 Å². The molecule has 19 heteroatoms. The van der Waals surface area contributed by atoms with Gasteiger partial charge in [-0.3, -0.25) is 0 Å². The van der Waals surface area contributed by atoms with Crippen LogP contribution in [0.1, 0.15) is 0 Å². The number of aliphatic hydroxyl groups is 7. The van der Waals surface area contributed by atoms with Crippen LogP contribution in [0.3, 0.4) is 0 Å². The molecule has 8 atom stereocenters. The molecule has 8 N–H and O–H groups in total. The van der Waals surface area contributed by atoms with Crippen molar-refractivity contribution in [3.63, 3.8) is 0 Å². The number of aliphatic carboxylic acids is 1. The standard InChI is InChI=1S/C21H24O11.C6H14O6.C3H4O2/c1-6-15(23)28-11-13(22)20(31-18(26)9-4)21(32-19(27)10-5)14(30-17(25)8-3)12-29-16(24)7-2;7-1-3(9)5(11)6(12)4(10)2-8;1-2-3(4)5/h6-10,13-14,20-22H,1-5,11-12H2;3-12H,1-2H2;2H,1H2,(H,4,5). The quantitative estimate of drug-likeness (QED) is 0.0330. The van der Waals surface area contributed by atoms with E-state index in [2.05, 4.69) is 39.5 Å². The van der Waals surface area contributed by atoms with Gasteiger partial charge in [-0.1, -0.05) is 39.5 Å². The normalized spacial score (nSPS) is 14.8. The second-order valence-corrected chi connectivity index (χ2v) is 8.65. The van der Waals surface area contributed by atoms with Gasteiger partial charge in [0.2, 0.25) is 0 Å². The zero-order valence-corrected chi connectivity index (χ0v) is 26.2. The van der Waals surface area contributed by atoms with Crippen molar-refractivity contribution < 1.29 is 93.3 Å². The van der Waals surface area contributed by atoms with Crippen molar-refractivity contribution in [3.8, 4) is 0 Å². The topological polar surface area (TPSA) is 310 Å². The third kappa shape index (κ3) is 22.2. The van der Waals surface area contributed by atoms with Crippen molar-refractivity contribution in [2.75, 3.05) is 26.4 Å². The molecule has 0 rings (SSSR count). The second kappa shape index (κ2) is 28.0. The maximum absolute atomic E-state index is 11.9. The summed E-state index contributed by atoms with van der Waals surface area (Å²) in [5, 5.41) is 70.3. The Labute approximate surface area is 280 Å². The first-order chi connectivity index (χ1) is 22.9. The molecule has 8 unspecified atom stereocenters. The number of esters is 5. The maximum atomic E-state index is 11.9. The van der Waals surface area contributed by atoms with Crippen molar-refractivity contribution in [1.29, 1.82) is 0 Å². The SMILES string of the molecule is C=CC(=O)O.C=CC(=O)OCC(O)C(OC(=O)C=C)C(OC(=O)C=C)C(COC(=O)C=C)OC(=O)C=C.OCC(O)C(O)C(O)C(O)CO. The molecule has 0 aliphatic carbocycles. The monoisotopic (exact) mass is 706 g/mol. The molecule has 0 heterocycles. The molecule has 19 nitrogen and oxygen atoms in total. The predicted molar refractivity (Wildman–Crippen MR) is 165 cm³/mol. The van der Waals surface area contributed by atoms with E-state index < -0.39 is 111 Å². The van der Waals surface area contributed by atoms with Gasteiger partial charge in [0.1, 0.15) is 43.7 Å². The van der Waals surface area contributed by atoms with Gasteiger partial charge in [-0.2, -0.15) is 0 Å². The lowest BCUT2D eigenvalue weighted by molar-refractivity contribution is -0.197. The molecule has 0 bridgehead atoms. The van der Waals surface area contributed by atoms with Crippen molar-refractivity contribution in [1.82, 2.24) is 0 Å². The van der Waals surface area contributed by atoms with E-state index in [1.165, 1.54) is 0 Å². The molecule has 0 aliphatic rings. The molecule has 0 aromatic carbocycles. The summed E-state index contributed by atoms with van der Waals surface area (Å²) in [6.45, 7) is 16.1. The fourth-order valence-corrected chi connectivity index (χ4v) is 2.69. The molecule has 0 spiro atoms. The number of ether oxygens (including phenoxy) is 5. The first-order valence-electron chi connectivity index (χ1n) is 13.5. The molecule has 0 fully saturated rings. The third-order valence-electron chi connectivity index (χ3n) is 5.15. The number of carbonyl (C=O) groups excluding carboxylic acids is 5. The van der Waals surface area contributed by atoms with Crippen LogP contribution in [0.4, 0.5) is 0 Å². The maximum Gasteiger partial charge on any atom is 0.330 e. The number of aliphatic hydroxyl groups excluding tert-OH is 7. The van der Waals surface area contributed by atoms with Crippen LogP contribution in [0.25, 0.3) is 0 Å². The largest absolute Gasteiger partial charge is 0.478 e. The molecule has 276 valence electrons. The minimum absolute atomic E-state index is 0.708. The summed E-state index contributed by atoms with van der Waals surface area (Å²) in [6.07, 6.45) is -8.64. The van der Waals surface area contributed by atoms with E-state index >= 15 is 0 Å². The molecule has 0 saturated carbocycles.